The van der Waals surface area contributed by atoms with Crippen LogP contribution in [0, 0.1) is 0 Å². The Balaban J connectivity index is 1.29. The van der Waals surface area contributed by atoms with Crippen LogP contribution in [0.4, 0.5) is 11.4 Å². The molecule has 6 nitrogen and oxygen atoms in total. The van der Waals surface area contributed by atoms with Crippen LogP contribution in [0.5, 0.6) is 5.75 Å². The Morgan fingerprint density at radius 3 is 2.63 bits per heavy atom. The van der Waals surface area contributed by atoms with Gasteiger partial charge in [-0.25, -0.2) is 0 Å². The average Bonchev–Trinajstić information content (AvgIpc) is 2.78. The molecule has 0 aliphatic carbocycles. The average molecular weight is 408 g/mol. The number of nitrogens with zero attached hydrogens (tertiary/aromatic N) is 2. The summed E-state index contributed by atoms with van der Waals surface area (Å²) in [5.74, 6) is 0.520. The molecule has 0 radical (unpaired) electrons. The van der Waals surface area contributed by atoms with Gasteiger partial charge in [-0.15, -0.1) is 0 Å². The smallest absolute Gasteiger partial charge is 0.227 e. The van der Waals surface area contributed by atoms with E-state index in [0.717, 1.165) is 31.0 Å². The molecule has 4 rings (SSSR count). The van der Waals surface area contributed by atoms with Gasteiger partial charge in [-0.3, -0.25) is 14.5 Å². The highest BCUT2D eigenvalue weighted by molar-refractivity contribution is 5.99. The van der Waals surface area contributed by atoms with Crippen LogP contribution in [0.15, 0.2) is 48.5 Å². The zero-order valence-corrected chi connectivity index (χ0v) is 17.3. The van der Waals surface area contributed by atoms with E-state index in [2.05, 4.69) is 16.3 Å². The fraction of sp³-hybridized carbons (Fsp3) is 0.417. The third-order valence-electron chi connectivity index (χ3n) is 5.66. The largest absolute Gasteiger partial charge is 0.490 e. The summed E-state index contributed by atoms with van der Waals surface area (Å²) in [5.41, 5.74) is 2.77. The van der Waals surface area contributed by atoms with Gasteiger partial charge in [0.15, 0.2) is 0 Å². The normalized spacial score (nSPS) is 16.5. The molecule has 2 heterocycles. The molecule has 1 N–H and O–H groups in total. The van der Waals surface area contributed by atoms with Crippen LogP contribution in [-0.4, -0.2) is 43.0 Å². The summed E-state index contributed by atoms with van der Waals surface area (Å²) < 4.78 is 5.60. The molecule has 0 aromatic heterocycles. The number of nitrogens with one attached hydrogen (secondary N) is 1. The number of carbonyl (C=O) groups excluding carboxylic acids is 2. The SMILES string of the molecule is O=C(CCC(=O)N1CCOc2ccccc21)Nc1cccc(CN2CCCCC2)c1. The monoisotopic (exact) mass is 407 g/mol. The molecule has 2 aromatic rings. The minimum Gasteiger partial charge on any atom is -0.490 e. The number of benzene rings is 2. The van der Waals surface area contributed by atoms with E-state index in [4.69, 9.17) is 4.74 Å². The van der Waals surface area contributed by atoms with E-state index in [9.17, 15) is 9.59 Å². The number of para-hydroxylation sites is 2. The van der Waals surface area contributed by atoms with Gasteiger partial charge in [0, 0.05) is 25.1 Å². The van der Waals surface area contributed by atoms with Crippen molar-refractivity contribution in [2.45, 2.75) is 38.6 Å². The number of hydrogen-bond donors (Lipinski definition) is 1. The van der Waals surface area contributed by atoms with Gasteiger partial charge in [0.2, 0.25) is 11.8 Å². The predicted octanol–water partition coefficient (Wildman–Crippen LogP) is 3.82. The molecule has 0 unspecified atom stereocenters. The summed E-state index contributed by atoms with van der Waals surface area (Å²) >= 11 is 0. The van der Waals surface area contributed by atoms with Gasteiger partial charge in [-0.2, -0.15) is 0 Å². The van der Waals surface area contributed by atoms with Gasteiger partial charge in [0.05, 0.1) is 12.2 Å². The van der Waals surface area contributed by atoms with Crippen LogP contribution in [0.2, 0.25) is 0 Å². The van der Waals surface area contributed by atoms with Crippen LogP contribution in [0.1, 0.15) is 37.7 Å². The maximum atomic E-state index is 12.7. The van der Waals surface area contributed by atoms with E-state index >= 15 is 0 Å². The summed E-state index contributed by atoms with van der Waals surface area (Å²) in [4.78, 5) is 29.3. The maximum Gasteiger partial charge on any atom is 0.227 e. The van der Waals surface area contributed by atoms with E-state index in [1.165, 1.54) is 24.8 Å². The predicted molar refractivity (Wildman–Crippen MR) is 118 cm³/mol. The lowest BCUT2D eigenvalue weighted by Crippen LogP contribution is -2.38. The number of fused-ring (bicyclic) bond motifs is 1. The van der Waals surface area contributed by atoms with E-state index in [1.807, 2.05) is 42.5 Å². The molecular formula is C24H29N3O3. The first-order valence-corrected chi connectivity index (χ1v) is 10.8. The summed E-state index contributed by atoms with van der Waals surface area (Å²) in [6, 6.07) is 15.5. The van der Waals surface area contributed by atoms with Crippen molar-refractivity contribution in [1.29, 1.82) is 0 Å². The molecule has 0 saturated carbocycles. The second kappa shape index (κ2) is 9.76. The number of ether oxygens (including phenoxy) is 1. The first kappa shape index (κ1) is 20.4. The van der Waals surface area contributed by atoms with Gasteiger partial charge in [0.1, 0.15) is 12.4 Å². The zero-order chi connectivity index (χ0) is 20.8. The maximum absolute atomic E-state index is 12.7. The quantitative estimate of drug-likeness (QED) is 0.791. The zero-order valence-electron chi connectivity index (χ0n) is 17.3. The molecule has 30 heavy (non-hydrogen) atoms. The van der Waals surface area contributed by atoms with Crippen LogP contribution in [-0.2, 0) is 16.1 Å². The number of amides is 2. The molecule has 6 heteroatoms. The second-order valence-electron chi connectivity index (χ2n) is 7.95. The standard InChI is InChI=1S/C24H29N3O3/c28-23(11-12-24(29)27-15-16-30-22-10-3-2-9-21(22)27)25-20-8-6-7-19(17-20)18-26-13-4-1-5-14-26/h2-3,6-10,17H,1,4-5,11-16,18H2,(H,25,28). The fourth-order valence-corrected chi connectivity index (χ4v) is 4.13. The number of rotatable bonds is 6. The molecule has 1 fully saturated rings. The summed E-state index contributed by atoms with van der Waals surface area (Å²) in [5, 5.41) is 2.94. The van der Waals surface area contributed by atoms with E-state index in [1.54, 1.807) is 4.90 Å². The van der Waals surface area contributed by atoms with Crippen molar-refractivity contribution in [1.82, 2.24) is 4.90 Å². The van der Waals surface area contributed by atoms with Crippen LogP contribution in [0.25, 0.3) is 0 Å². The van der Waals surface area contributed by atoms with Crippen molar-refractivity contribution in [3.8, 4) is 5.75 Å². The second-order valence-corrected chi connectivity index (χ2v) is 7.95. The third kappa shape index (κ3) is 5.19. The van der Waals surface area contributed by atoms with Crippen LogP contribution >= 0.6 is 0 Å². The molecule has 0 spiro atoms. The van der Waals surface area contributed by atoms with Crippen molar-refractivity contribution < 1.29 is 14.3 Å². The highest BCUT2D eigenvalue weighted by atomic mass is 16.5. The van der Waals surface area contributed by atoms with E-state index in [0.29, 0.717) is 18.9 Å². The van der Waals surface area contributed by atoms with Crippen molar-refractivity contribution >= 4 is 23.2 Å². The molecule has 1 saturated heterocycles. The number of piperidine rings is 1. The van der Waals surface area contributed by atoms with E-state index in [-0.39, 0.29) is 24.7 Å². The highest BCUT2D eigenvalue weighted by Gasteiger charge is 2.23. The summed E-state index contributed by atoms with van der Waals surface area (Å²) in [6.07, 6.45) is 4.18. The Labute approximate surface area is 177 Å². The Morgan fingerprint density at radius 1 is 0.933 bits per heavy atom. The molecule has 2 aliphatic rings. The molecule has 2 aliphatic heterocycles. The highest BCUT2D eigenvalue weighted by Crippen LogP contribution is 2.31. The number of carbonyl (C=O) groups is 2. The lowest BCUT2D eigenvalue weighted by molar-refractivity contribution is -0.122. The number of anilines is 2. The first-order valence-electron chi connectivity index (χ1n) is 10.8. The van der Waals surface area contributed by atoms with Crippen molar-refractivity contribution in [2.75, 3.05) is 36.5 Å². The van der Waals surface area contributed by atoms with Gasteiger partial charge >= 0.3 is 0 Å². The first-order chi connectivity index (χ1) is 14.7. The minimum atomic E-state index is -0.139. The van der Waals surface area contributed by atoms with Crippen LogP contribution < -0.4 is 15.0 Å². The van der Waals surface area contributed by atoms with Crippen molar-refractivity contribution in [3.05, 3.63) is 54.1 Å². The Bertz CT molecular complexity index is 893. The Kier molecular flexibility index (Phi) is 6.64. The molecule has 0 atom stereocenters. The van der Waals surface area contributed by atoms with E-state index < -0.39 is 0 Å². The Morgan fingerprint density at radius 2 is 1.77 bits per heavy atom. The van der Waals surface area contributed by atoms with Gasteiger partial charge in [-0.1, -0.05) is 30.7 Å². The Hall–Kier alpha value is -2.86. The molecule has 158 valence electrons. The third-order valence-corrected chi connectivity index (χ3v) is 5.66. The molecule has 2 aromatic carbocycles. The van der Waals surface area contributed by atoms with Gasteiger partial charge in [0.25, 0.3) is 0 Å². The number of hydrogen-bond acceptors (Lipinski definition) is 4. The molecule has 0 bridgehead atoms. The summed E-state index contributed by atoms with van der Waals surface area (Å²) in [6.45, 7) is 4.18. The summed E-state index contributed by atoms with van der Waals surface area (Å²) in [7, 11) is 0. The lowest BCUT2D eigenvalue weighted by atomic mass is 10.1. The van der Waals surface area contributed by atoms with Crippen molar-refractivity contribution in [3.63, 3.8) is 0 Å². The molecular weight excluding hydrogens is 378 g/mol. The number of likely N-dealkylation sites (tertiary alicyclic amines) is 1. The lowest BCUT2D eigenvalue weighted by Gasteiger charge is -2.29. The van der Waals surface area contributed by atoms with Gasteiger partial charge < -0.3 is 15.0 Å². The molecule has 2 amide bonds. The topological polar surface area (TPSA) is 61.9 Å². The minimum absolute atomic E-state index is 0.0558. The van der Waals surface area contributed by atoms with Crippen molar-refractivity contribution in [2.24, 2.45) is 0 Å². The van der Waals surface area contributed by atoms with Gasteiger partial charge in [-0.05, 0) is 55.8 Å². The fourth-order valence-electron chi connectivity index (χ4n) is 4.13. The van der Waals surface area contributed by atoms with Crippen LogP contribution in [0.3, 0.4) is 0 Å².